The number of nitrogens with zero attached hydrogens (tertiary/aromatic N) is 1. The molecule has 3 aliphatic rings. The molecule has 0 spiro atoms. The van der Waals surface area contributed by atoms with Gasteiger partial charge in [0.2, 0.25) is 0 Å². The normalized spacial score (nSPS) is 20.6. The summed E-state index contributed by atoms with van der Waals surface area (Å²) in [7, 11) is 0. The quantitative estimate of drug-likeness (QED) is 0.372. The van der Waals surface area contributed by atoms with E-state index in [-0.39, 0.29) is 10.8 Å². The molecule has 39 heavy (non-hydrogen) atoms. The number of hydrogen-bond acceptors (Lipinski definition) is 2. The van der Waals surface area contributed by atoms with Gasteiger partial charge in [-0.05, 0) is 92.7 Å². The van der Waals surface area contributed by atoms with Gasteiger partial charge in [0.15, 0.2) is 0 Å². The third kappa shape index (κ3) is 6.68. The Labute approximate surface area is 237 Å². The second-order valence-electron chi connectivity index (χ2n) is 11.3. The summed E-state index contributed by atoms with van der Waals surface area (Å²) in [5, 5.41) is 3.51. The van der Waals surface area contributed by atoms with Crippen LogP contribution in [0.1, 0.15) is 78.0 Å². The summed E-state index contributed by atoms with van der Waals surface area (Å²) in [5.41, 5.74) is 11.4. The van der Waals surface area contributed by atoms with Gasteiger partial charge < -0.3 is 5.32 Å². The molecule has 2 heteroatoms. The van der Waals surface area contributed by atoms with Crippen molar-refractivity contribution in [2.24, 2.45) is 10.4 Å². The van der Waals surface area contributed by atoms with E-state index in [4.69, 9.17) is 4.99 Å². The van der Waals surface area contributed by atoms with Crippen molar-refractivity contribution in [2.75, 3.05) is 5.32 Å². The molecule has 2 heterocycles. The molecule has 2 nitrogen and oxygen atoms in total. The van der Waals surface area contributed by atoms with Crippen molar-refractivity contribution in [3.05, 3.63) is 131 Å². The lowest BCUT2D eigenvalue weighted by molar-refractivity contribution is 0.641. The van der Waals surface area contributed by atoms with Crippen LogP contribution in [0.5, 0.6) is 0 Å². The molecule has 1 N–H and O–H groups in total. The summed E-state index contributed by atoms with van der Waals surface area (Å²) in [4.78, 5) is 4.82. The zero-order chi connectivity index (χ0) is 28.6. The first-order valence-electron chi connectivity index (χ1n) is 14.1. The first-order chi connectivity index (χ1) is 18.6. The number of aryl methyl sites for hydroxylation is 1. The largest absolute Gasteiger partial charge is 0.358 e. The van der Waals surface area contributed by atoms with E-state index in [0.29, 0.717) is 0 Å². The van der Waals surface area contributed by atoms with E-state index in [0.717, 1.165) is 24.3 Å². The maximum Gasteiger partial charge on any atom is 0.0632 e. The number of rotatable bonds is 6. The highest BCUT2D eigenvalue weighted by molar-refractivity contribution is 6.04. The Morgan fingerprint density at radius 1 is 0.923 bits per heavy atom. The Bertz CT molecular complexity index is 1360. The Balaban J connectivity index is 0.000000218. The van der Waals surface area contributed by atoms with Crippen LogP contribution >= 0.6 is 0 Å². The van der Waals surface area contributed by atoms with Crippen molar-refractivity contribution in [3.8, 4) is 0 Å². The average Bonchev–Trinajstić information content (AvgIpc) is 3.29. The molecule has 0 aromatic heterocycles. The first-order valence-corrected chi connectivity index (χ1v) is 14.1. The van der Waals surface area contributed by atoms with Crippen LogP contribution in [0.4, 0.5) is 5.69 Å². The van der Waals surface area contributed by atoms with Crippen LogP contribution in [-0.4, -0.2) is 5.71 Å². The van der Waals surface area contributed by atoms with E-state index in [1.807, 2.05) is 25.2 Å². The Kier molecular flexibility index (Phi) is 9.92. The number of anilines is 1. The predicted octanol–water partition coefficient (Wildman–Crippen LogP) is 10.5. The van der Waals surface area contributed by atoms with Gasteiger partial charge in [-0.25, -0.2) is 0 Å². The van der Waals surface area contributed by atoms with E-state index in [2.05, 4.69) is 133 Å². The summed E-state index contributed by atoms with van der Waals surface area (Å²) < 4.78 is 0. The monoisotopic (exact) mass is 518 g/mol. The maximum absolute atomic E-state index is 4.82. The second kappa shape index (κ2) is 12.9. The van der Waals surface area contributed by atoms with Gasteiger partial charge in [0.1, 0.15) is 0 Å². The maximum atomic E-state index is 4.82. The molecule has 0 radical (unpaired) electrons. The number of nitrogens with one attached hydrogen (secondary N) is 1. The van der Waals surface area contributed by atoms with Gasteiger partial charge in [0.25, 0.3) is 0 Å². The molecular formula is C37H46N2. The smallest absolute Gasteiger partial charge is 0.0632 e. The Hall–Kier alpha value is -3.65. The van der Waals surface area contributed by atoms with Gasteiger partial charge >= 0.3 is 0 Å². The van der Waals surface area contributed by atoms with Crippen LogP contribution in [0.15, 0.2) is 119 Å². The Morgan fingerprint density at radius 3 is 2.33 bits per heavy atom. The molecule has 1 aliphatic carbocycles. The standard InChI is InChI=1S/C20H25N.C17H21N/c1-5-6-8-13-19-20(3,4)16(2)18(21-19)15-14-17-11-9-7-10-12-17;1-6-8-13-12(3)10-11-14-16(13)17(4,5)15(18-14)9-7-2/h5-9,11,13-15H,10,12H2,1-4H3;6-11,18H,2H2,1,3-5H3/b6-5+,13-8+,15-14-;8-6-,15-9+. The van der Waals surface area contributed by atoms with E-state index in [9.17, 15) is 0 Å². The topological polar surface area (TPSA) is 24.4 Å². The summed E-state index contributed by atoms with van der Waals surface area (Å²) in [6.45, 7) is 21.2. The van der Waals surface area contributed by atoms with Crippen molar-refractivity contribution >= 4 is 17.5 Å². The molecule has 0 unspecified atom stereocenters. The average molecular weight is 519 g/mol. The van der Waals surface area contributed by atoms with Gasteiger partial charge in [0.05, 0.1) is 11.4 Å². The molecule has 1 aromatic rings. The lowest BCUT2D eigenvalue weighted by Crippen LogP contribution is -2.20. The number of aliphatic imine (C=N–C) groups is 1. The highest BCUT2D eigenvalue weighted by Crippen LogP contribution is 2.46. The molecular weight excluding hydrogens is 472 g/mol. The molecule has 0 saturated heterocycles. The van der Waals surface area contributed by atoms with E-state index in [1.54, 1.807) is 0 Å². The number of hydrogen-bond donors (Lipinski definition) is 1. The van der Waals surface area contributed by atoms with E-state index in [1.165, 1.54) is 39.2 Å². The van der Waals surface area contributed by atoms with Crippen LogP contribution in [0, 0.1) is 12.3 Å². The predicted molar refractivity (Wildman–Crippen MR) is 174 cm³/mol. The third-order valence-corrected chi connectivity index (χ3v) is 7.91. The Morgan fingerprint density at radius 2 is 1.69 bits per heavy atom. The summed E-state index contributed by atoms with van der Waals surface area (Å²) in [6, 6.07) is 4.34. The zero-order valence-electron chi connectivity index (χ0n) is 25.2. The van der Waals surface area contributed by atoms with Crippen molar-refractivity contribution in [1.82, 2.24) is 0 Å². The van der Waals surface area contributed by atoms with Crippen LogP contribution in [-0.2, 0) is 5.41 Å². The second-order valence-corrected chi connectivity index (χ2v) is 11.3. The van der Waals surface area contributed by atoms with E-state index >= 15 is 0 Å². The lowest BCUT2D eigenvalue weighted by atomic mass is 9.80. The highest BCUT2D eigenvalue weighted by Gasteiger charge is 2.36. The number of benzene rings is 1. The van der Waals surface area contributed by atoms with Gasteiger partial charge in [0, 0.05) is 22.2 Å². The fraction of sp³-hybridized carbons (Fsp3) is 0.324. The minimum atomic E-state index is 0.00435. The first kappa shape index (κ1) is 29.9. The van der Waals surface area contributed by atoms with Gasteiger partial charge in [-0.15, -0.1) is 0 Å². The van der Waals surface area contributed by atoms with Crippen molar-refractivity contribution in [3.63, 3.8) is 0 Å². The van der Waals surface area contributed by atoms with E-state index < -0.39 is 0 Å². The fourth-order valence-corrected chi connectivity index (χ4v) is 5.16. The van der Waals surface area contributed by atoms with Gasteiger partial charge in [-0.2, -0.15) is 0 Å². The van der Waals surface area contributed by atoms with Gasteiger partial charge in [-0.3, -0.25) is 4.99 Å². The molecule has 0 bridgehead atoms. The third-order valence-electron chi connectivity index (χ3n) is 7.91. The van der Waals surface area contributed by atoms with Crippen LogP contribution in [0.3, 0.4) is 0 Å². The van der Waals surface area contributed by atoms with Crippen LogP contribution < -0.4 is 5.32 Å². The summed E-state index contributed by atoms with van der Waals surface area (Å²) in [6.07, 6.45) is 29.6. The van der Waals surface area contributed by atoms with Crippen molar-refractivity contribution < 1.29 is 0 Å². The lowest BCUT2D eigenvalue weighted by Gasteiger charge is -2.22. The molecule has 204 valence electrons. The molecule has 0 saturated carbocycles. The minimum Gasteiger partial charge on any atom is -0.358 e. The summed E-state index contributed by atoms with van der Waals surface area (Å²) in [5.74, 6) is 0. The van der Waals surface area contributed by atoms with Crippen molar-refractivity contribution in [2.45, 2.75) is 73.6 Å². The number of fused-ring (bicyclic) bond motifs is 1. The molecule has 1 aromatic carbocycles. The molecule has 4 rings (SSSR count). The van der Waals surface area contributed by atoms with Crippen molar-refractivity contribution in [1.29, 1.82) is 0 Å². The molecule has 0 amide bonds. The molecule has 2 aliphatic heterocycles. The minimum absolute atomic E-state index is 0.00435. The highest BCUT2D eigenvalue weighted by atomic mass is 15.0. The summed E-state index contributed by atoms with van der Waals surface area (Å²) >= 11 is 0. The zero-order valence-corrected chi connectivity index (χ0v) is 25.2. The fourth-order valence-electron chi connectivity index (χ4n) is 5.16. The van der Waals surface area contributed by atoms with Crippen LogP contribution in [0.25, 0.3) is 6.08 Å². The van der Waals surface area contributed by atoms with Crippen LogP contribution in [0.2, 0.25) is 0 Å². The number of allylic oxidation sites excluding steroid dienone is 15. The van der Waals surface area contributed by atoms with Gasteiger partial charge in [-0.1, -0.05) is 101 Å². The SMILES string of the molecule is C/C=C/C=C/C1=NC(/C=C\C2=CC=CCC2)=C(C)C1(C)C.C=C/C=C1/Nc2ccc(C)c(/C=C\C)c2C1(C)C. The molecule has 0 fully saturated rings. The molecule has 0 atom stereocenters.